The van der Waals surface area contributed by atoms with Gasteiger partial charge in [-0.1, -0.05) is 0 Å². The lowest BCUT2D eigenvalue weighted by atomic mass is 10.2. The lowest BCUT2D eigenvalue weighted by Crippen LogP contribution is -2.11. The molecular formula is C11H12N2O2S. The summed E-state index contributed by atoms with van der Waals surface area (Å²) in [5, 5.41) is 1.99. The van der Waals surface area contributed by atoms with E-state index in [0.717, 1.165) is 10.4 Å². The number of thiophene rings is 1. The molecule has 0 radical (unpaired) electrons. The van der Waals surface area contributed by atoms with Crippen LogP contribution < -0.4 is 5.56 Å². The van der Waals surface area contributed by atoms with E-state index in [-0.39, 0.29) is 5.56 Å². The van der Waals surface area contributed by atoms with Crippen LogP contribution in [0.25, 0.3) is 11.3 Å². The molecule has 0 aliphatic carbocycles. The van der Waals surface area contributed by atoms with Gasteiger partial charge in [0.25, 0.3) is 5.56 Å². The van der Waals surface area contributed by atoms with E-state index in [1.54, 1.807) is 18.4 Å². The topological polar surface area (TPSA) is 55.0 Å². The Bertz CT molecular complexity index is 545. The molecule has 84 valence electrons. The third-order valence-corrected chi connectivity index (χ3v) is 3.05. The smallest absolute Gasteiger partial charge is 0.251 e. The van der Waals surface area contributed by atoms with Crippen LogP contribution in [0, 0.1) is 6.92 Å². The number of hydrogen-bond donors (Lipinski definition) is 1. The summed E-state index contributed by atoms with van der Waals surface area (Å²) in [4.78, 5) is 19.6. The summed E-state index contributed by atoms with van der Waals surface area (Å²) in [5.41, 5.74) is 1.56. The molecule has 16 heavy (non-hydrogen) atoms. The predicted molar refractivity (Wildman–Crippen MR) is 63.6 cm³/mol. The fourth-order valence-electron chi connectivity index (χ4n) is 1.50. The van der Waals surface area contributed by atoms with Crippen molar-refractivity contribution in [2.45, 2.75) is 13.5 Å². The highest BCUT2D eigenvalue weighted by Gasteiger charge is 2.07. The second-order valence-corrected chi connectivity index (χ2v) is 4.52. The molecule has 0 fully saturated rings. The molecule has 0 aliphatic heterocycles. The van der Waals surface area contributed by atoms with Gasteiger partial charge < -0.3 is 9.72 Å². The maximum absolute atomic E-state index is 11.4. The maximum Gasteiger partial charge on any atom is 0.251 e. The molecule has 0 saturated heterocycles. The summed E-state index contributed by atoms with van der Waals surface area (Å²) in [6.07, 6.45) is 0. The molecule has 0 aliphatic rings. The number of methoxy groups -OCH3 is 1. The average molecular weight is 236 g/mol. The normalized spacial score (nSPS) is 10.6. The summed E-state index contributed by atoms with van der Waals surface area (Å²) in [5.74, 6) is 0.551. The molecule has 0 aromatic carbocycles. The van der Waals surface area contributed by atoms with Gasteiger partial charge in [-0.25, -0.2) is 4.98 Å². The van der Waals surface area contributed by atoms with Gasteiger partial charge in [-0.3, -0.25) is 4.79 Å². The van der Waals surface area contributed by atoms with Crippen molar-refractivity contribution in [3.8, 4) is 11.3 Å². The van der Waals surface area contributed by atoms with Gasteiger partial charge in [0.2, 0.25) is 0 Å². The fraction of sp³-hybridized carbons (Fsp3) is 0.273. The van der Waals surface area contributed by atoms with Gasteiger partial charge >= 0.3 is 0 Å². The quantitative estimate of drug-likeness (QED) is 0.886. The Morgan fingerprint density at radius 3 is 3.00 bits per heavy atom. The molecule has 0 saturated carbocycles. The van der Waals surface area contributed by atoms with E-state index >= 15 is 0 Å². The zero-order valence-corrected chi connectivity index (χ0v) is 9.93. The fourth-order valence-corrected chi connectivity index (χ4v) is 2.21. The van der Waals surface area contributed by atoms with Crippen LogP contribution in [0.5, 0.6) is 0 Å². The SMILES string of the molecule is COCc1nc(-c2ccsc2C)cc(=O)[nH]1. The summed E-state index contributed by atoms with van der Waals surface area (Å²) < 4.78 is 4.96. The van der Waals surface area contributed by atoms with Crippen molar-refractivity contribution in [2.75, 3.05) is 7.11 Å². The number of rotatable bonds is 3. The van der Waals surface area contributed by atoms with Gasteiger partial charge in [0.15, 0.2) is 0 Å². The third kappa shape index (κ3) is 2.20. The van der Waals surface area contributed by atoms with Crippen LogP contribution in [-0.2, 0) is 11.3 Å². The maximum atomic E-state index is 11.4. The van der Waals surface area contributed by atoms with Crippen molar-refractivity contribution in [3.63, 3.8) is 0 Å². The molecule has 0 atom stereocenters. The van der Waals surface area contributed by atoms with Crippen molar-refractivity contribution >= 4 is 11.3 Å². The minimum atomic E-state index is -0.150. The first kappa shape index (κ1) is 11.0. The van der Waals surface area contributed by atoms with E-state index in [1.165, 1.54) is 6.07 Å². The Labute approximate surface area is 96.9 Å². The van der Waals surface area contributed by atoms with Gasteiger partial charge in [0.05, 0.1) is 5.69 Å². The van der Waals surface area contributed by atoms with E-state index < -0.39 is 0 Å². The molecule has 4 nitrogen and oxygen atoms in total. The molecule has 0 amide bonds. The highest BCUT2D eigenvalue weighted by atomic mass is 32.1. The molecule has 1 N–H and O–H groups in total. The minimum Gasteiger partial charge on any atom is -0.377 e. The Balaban J connectivity index is 2.49. The van der Waals surface area contributed by atoms with Crippen molar-refractivity contribution in [1.29, 1.82) is 0 Å². The van der Waals surface area contributed by atoms with Crippen molar-refractivity contribution in [3.05, 3.63) is 38.6 Å². The van der Waals surface area contributed by atoms with Crippen LogP contribution >= 0.6 is 11.3 Å². The molecule has 0 bridgehead atoms. The number of aromatic amines is 1. The van der Waals surface area contributed by atoms with Crippen LogP contribution in [0.1, 0.15) is 10.7 Å². The number of nitrogens with zero attached hydrogens (tertiary/aromatic N) is 1. The summed E-state index contributed by atoms with van der Waals surface area (Å²) in [6, 6.07) is 3.48. The molecule has 2 heterocycles. The molecule has 0 unspecified atom stereocenters. The van der Waals surface area contributed by atoms with Crippen molar-refractivity contribution in [1.82, 2.24) is 9.97 Å². The Morgan fingerprint density at radius 1 is 1.56 bits per heavy atom. The summed E-state index contributed by atoms with van der Waals surface area (Å²) in [7, 11) is 1.57. The van der Waals surface area contributed by atoms with Gasteiger partial charge in [-0.15, -0.1) is 11.3 Å². The number of aromatic nitrogens is 2. The molecule has 0 spiro atoms. The monoisotopic (exact) mass is 236 g/mol. The second kappa shape index (κ2) is 4.59. The van der Waals surface area contributed by atoms with E-state index in [1.807, 2.05) is 18.4 Å². The predicted octanol–water partition coefficient (Wildman–Crippen LogP) is 1.95. The first-order valence-electron chi connectivity index (χ1n) is 4.84. The largest absolute Gasteiger partial charge is 0.377 e. The van der Waals surface area contributed by atoms with Gasteiger partial charge in [0.1, 0.15) is 12.4 Å². The Morgan fingerprint density at radius 2 is 2.38 bits per heavy atom. The van der Waals surface area contributed by atoms with Crippen LogP contribution in [0.4, 0.5) is 0 Å². The van der Waals surface area contributed by atoms with Crippen molar-refractivity contribution < 1.29 is 4.74 Å². The molecule has 5 heteroatoms. The number of H-pyrrole nitrogens is 1. The third-order valence-electron chi connectivity index (χ3n) is 2.21. The highest BCUT2D eigenvalue weighted by Crippen LogP contribution is 2.24. The molecule has 2 aromatic heterocycles. The van der Waals surface area contributed by atoms with E-state index in [0.29, 0.717) is 18.1 Å². The van der Waals surface area contributed by atoms with E-state index in [9.17, 15) is 4.79 Å². The van der Waals surface area contributed by atoms with Crippen LogP contribution in [0.2, 0.25) is 0 Å². The number of ether oxygens (including phenoxy) is 1. The van der Waals surface area contributed by atoms with E-state index in [4.69, 9.17) is 4.74 Å². The number of nitrogens with one attached hydrogen (secondary N) is 1. The Kier molecular flexibility index (Phi) is 3.17. The summed E-state index contributed by atoms with van der Waals surface area (Å²) >= 11 is 1.64. The van der Waals surface area contributed by atoms with Crippen LogP contribution in [0.3, 0.4) is 0 Å². The number of hydrogen-bond acceptors (Lipinski definition) is 4. The second-order valence-electron chi connectivity index (χ2n) is 3.40. The average Bonchev–Trinajstić information content (AvgIpc) is 2.64. The van der Waals surface area contributed by atoms with Crippen molar-refractivity contribution in [2.24, 2.45) is 0 Å². The lowest BCUT2D eigenvalue weighted by Gasteiger charge is -2.02. The zero-order valence-electron chi connectivity index (χ0n) is 9.11. The standard InChI is InChI=1S/C11H12N2O2S/c1-7-8(3-4-16-7)9-5-11(14)13-10(12-9)6-15-2/h3-5H,6H2,1-2H3,(H,12,13,14). The van der Waals surface area contributed by atoms with E-state index in [2.05, 4.69) is 9.97 Å². The number of aryl methyl sites for hydroxylation is 1. The Hall–Kier alpha value is -1.46. The molecule has 2 rings (SSSR count). The molecule has 2 aromatic rings. The van der Waals surface area contributed by atoms with Crippen LogP contribution in [-0.4, -0.2) is 17.1 Å². The molecular weight excluding hydrogens is 224 g/mol. The zero-order chi connectivity index (χ0) is 11.5. The first-order valence-corrected chi connectivity index (χ1v) is 5.72. The van der Waals surface area contributed by atoms with Gasteiger partial charge in [-0.2, -0.15) is 0 Å². The van der Waals surface area contributed by atoms with Gasteiger partial charge in [0, 0.05) is 23.6 Å². The lowest BCUT2D eigenvalue weighted by molar-refractivity contribution is 0.177. The first-order chi connectivity index (χ1) is 7.70. The minimum absolute atomic E-state index is 0.150. The highest BCUT2D eigenvalue weighted by molar-refractivity contribution is 7.10. The van der Waals surface area contributed by atoms with Crippen LogP contribution in [0.15, 0.2) is 22.3 Å². The van der Waals surface area contributed by atoms with Gasteiger partial charge in [-0.05, 0) is 18.4 Å². The summed E-state index contributed by atoms with van der Waals surface area (Å²) in [6.45, 7) is 2.32.